The first-order valence-corrected chi connectivity index (χ1v) is 8.02. The summed E-state index contributed by atoms with van der Waals surface area (Å²) in [6.07, 6.45) is 6.53. The van der Waals surface area contributed by atoms with Crippen LogP contribution in [0.3, 0.4) is 0 Å². The van der Waals surface area contributed by atoms with E-state index >= 15 is 0 Å². The highest BCUT2D eigenvalue weighted by molar-refractivity contribution is 5.58. The molecule has 2 heterocycles. The zero-order chi connectivity index (χ0) is 13.8. The van der Waals surface area contributed by atoms with Crippen molar-refractivity contribution in [1.29, 1.82) is 0 Å². The molecule has 2 aliphatic rings. The first-order valence-electron chi connectivity index (χ1n) is 8.02. The number of hydrogen-bond acceptors (Lipinski definition) is 3. The second kappa shape index (κ2) is 6.49. The molecule has 3 heteroatoms. The molecular weight excluding hydrogens is 248 g/mol. The summed E-state index contributed by atoms with van der Waals surface area (Å²) < 4.78 is 5.45. The van der Waals surface area contributed by atoms with E-state index in [0.717, 1.165) is 18.8 Å². The predicted molar refractivity (Wildman–Crippen MR) is 83.9 cm³/mol. The molecule has 2 fully saturated rings. The van der Waals surface area contributed by atoms with Crippen LogP contribution in [-0.2, 0) is 0 Å². The van der Waals surface area contributed by atoms with E-state index in [0.29, 0.717) is 5.92 Å². The molecule has 20 heavy (non-hydrogen) atoms. The van der Waals surface area contributed by atoms with Crippen LogP contribution < -0.4 is 15.0 Å². The van der Waals surface area contributed by atoms with Crippen LogP contribution in [0, 0.1) is 0 Å². The Morgan fingerprint density at radius 2 is 1.85 bits per heavy atom. The van der Waals surface area contributed by atoms with Gasteiger partial charge in [-0.15, -0.1) is 0 Å². The van der Waals surface area contributed by atoms with Gasteiger partial charge in [0, 0.05) is 18.8 Å². The van der Waals surface area contributed by atoms with Crippen LogP contribution in [0.15, 0.2) is 18.2 Å². The molecule has 2 saturated heterocycles. The molecule has 1 N–H and O–H groups in total. The van der Waals surface area contributed by atoms with E-state index < -0.39 is 0 Å². The third-order valence-electron chi connectivity index (χ3n) is 4.71. The third-order valence-corrected chi connectivity index (χ3v) is 4.71. The monoisotopic (exact) mass is 274 g/mol. The summed E-state index contributed by atoms with van der Waals surface area (Å²) in [5.41, 5.74) is 2.96. The molecule has 3 nitrogen and oxygen atoms in total. The van der Waals surface area contributed by atoms with Crippen LogP contribution in [0.1, 0.15) is 43.6 Å². The number of methoxy groups -OCH3 is 1. The number of piperidine rings is 2. The summed E-state index contributed by atoms with van der Waals surface area (Å²) >= 11 is 0. The summed E-state index contributed by atoms with van der Waals surface area (Å²) in [7, 11) is 1.77. The molecule has 0 radical (unpaired) electrons. The molecule has 1 aromatic carbocycles. The Kier molecular flexibility index (Phi) is 4.46. The number of ether oxygens (including phenoxy) is 1. The summed E-state index contributed by atoms with van der Waals surface area (Å²) in [6.45, 7) is 4.71. The molecule has 0 bridgehead atoms. The van der Waals surface area contributed by atoms with Crippen LogP contribution in [0.25, 0.3) is 0 Å². The number of benzene rings is 1. The summed E-state index contributed by atoms with van der Waals surface area (Å²) in [4.78, 5) is 2.58. The smallest absolute Gasteiger partial charge is 0.119 e. The van der Waals surface area contributed by atoms with E-state index in [1.54, 1.807) is 7.11 Å². The van der Waals surface area contributed by atoms with Gasteiger partial charge in [-0.25, -0.2) is 0 Å². The van der Waals surface area contributed by atoms with Crippen molar-refractivity contribution in [1.82, 2.24) is 5.32 Å². The van der Waals surface area contributed by atoms with E-state index in [9.17, 15) is 0 Å². The molecule has 0 unspecified atom stereocenters. The molecule has 1 aromatic rings. The Hall–Kier alpha value is -1.22. The normalized spacial score (nSPS) is 20.9. The van der Waals surface area contributed by atoms with Gasteiger partial charge in [-0.05, 0) is 74.9 Å². The van der Waals surface area contributed by atoms with Crippen molar-refractivity contribution in [3.8, 4) is 5.75 Å². The molecular formula is C17H26N2O. The summed E-state index contributed by atoms with van der Waals surface area (Å²) in [5, 5.41) is 3.47. The van der Waals surface area contributed by atoms with Gasteiger partial charge in [0.1, 0.15) is 5.75 Å². The van der Waals surface area contributed by atoms with Crippen molar-refractivity contribution in [3.63, 3.8) is 0 Å². The zero-order valence-corrected chi connectivity index (χ0v) is 12.5. The second-order valence-corrected chi connectivity index (χ2v) is 6.00. The van der Waals surface area contributed by atoms with Crippen LogP contribution in [0.2, 0.25) is 0 Å². The van der Waals surface area contributed by atoms with Crippen molar-refractivity contribution >= 4 is 5.69 Å². The van der Waals surface area contributed by atoms with E-state index in [4.69, 9.17) is 4.74 Å². The highest BCUT2D eigenvalue weighted by Crippen LogP contribution is 2.36. The first-order chi connectivity index (χ1) is 9.88. The lowest BCUT2D eigenvalue weighted by Gasteiger charge is -2.34. The number of nitrogens with zero attached hydrogens (tertiary/aromatic N) is 1. The number of hydrogen-bond donors (Lipinski definition) is 1. The molecule has 110 valence electrons. The fourth-order valence-corrected chi connectivity index (χ4v) is 3.54. The average molecular weight is 274 g/mol. The van der Waals surface area contributed by atoms with Crippen LogP contribution in [0.5, 0.6) is 5.75 Å². The lowest BCUT2D eigenvalue weighted by molar-refractivity contribution is 0.411. The third kappa shape index (κ3) is 2.93. The molecule has 0 spiro atoms. The minimum atomic E-state index is 0.684. The highest BCUT2D eigenvalue weighted by Gasteiger charge is 2.22. The topological polar surface area (TPSA) is 24.5 Å². The van der Waals surface area contributed by atoms with Gasteiger partial charge in [0.25, 0.3) is 0 Å². The molecule has 0 aliphatic carbocycles. The zero-order valence-electron chi connectivity index (χ0n) is 12.5. The van der Waals surface area contributed by atoms with Gasteiger partial charge < -0.3 is 15.0 Å². The molecule has 0 amide bonds. The minimum Gasteiger partial charge on any atom is -0.497 e. The van der Waals surface area contributed by atoms with Crippen LogP contribution >= 0.6 is 0 Å². The maximum atomic E-state index is 5.45. The maximum absolute atomic E-state index is 5.45. The van der Waals surface area contributed by atoms with Crippen LogP contribution in [-0.4, -0.2) is 33.3 Å². The van der Waals surface area contributed by atoms with E-state index in [-0.39, 0.29) is 0 Å². The molecule has 2 aliphatic heterocycles. The van der Waals surface area contributed by atoms with Gasteiger partial charge in [0.05, 0.1) is 7.11 Å². The highest BCUT2D eigenvalue weighted by atomic mass is 16.5. The van der Waals surface area contributed by atoms with Crippen molar-refractivity contribution in [3.05, 3.63) is 23.8 Å². The minimum absolute atomic E-state index is 0.684. The lowest BCUT2D eigenvalue weighted by atomic mass is 9.88. The lowest BCUT2D eigenvalue weighted by Crippen LogP contribution is -2.32. The van der Waals surface area contributed by atoms with E-state index in [1.165, 1.54) is 56.4 Å². The predicted octanol–water partition coefficient (Wildman–Crippen LogP) is 3.15. The number of nitrogens with one attached hydrogen (secondary N) is 1. The fraction of sp³-hybridized carbons (Fsp3) is 0.647. The van der Waals surface area contributed by atoms with Crippen molar-refractivity contribution in [2.24, 2.45) is 0 Å². The van der Waals surface area contributed by atoms with Crippen molar-refractivity contribution in [2.75, 3.05) is 38.2 Å². The van der Waals surface area contributed by atoms with Gasteiger partial charge in [0.2, 0.25) is 0 Å². The Balaban J connectivity index is 1.90. The average Bonchev–Trinajstić information content (AvgIpc) is 2.56. The van der Waals surface area contributed by atoms with Gasteiger partial charge in [-0.2, -0.15) is 0 Å². The van der Waals surface area contributed by atoms with Gasteiger partial charge in [0.15, 0.2) is 0 Å². The Morgan fingerprint density at radius 3 is 2.55 bits per heavy atom. The molecule has 0 atom stereocenters. The van der Waals surface area contributed by atoms with Crippen molar-refractivity contribution < 1.29 is 4.74 Å². The van der Waals surface area contributed by atoms with Gasteiger partial charge >= 0.3 is 0 Å². The standard InChI is InChI=1S/C17H26N2O/c1-20-15-5-6-17(19-11-3-2-4-12-19)16(13-15)14-7-9-18-10-8-14/h5-6,13-14,18H,2-4,7-12H2,1H3. The Morgan fingerprint density at radius 1 is 1.10 bits per heavy atom. The Labute approximate surface area is 122 Å². The molecule has 3 rings (SSSR count). The fourth-order valence-electron chi connectivity index (χ4n) is 3.54. The largest absolute Gasteiger partial charge is 0.497 e. The number of rotatable bonds is 3. The molecule has 0 saturated carbocycles. The number of anilines is 1. The van der Waals surface area contributed by atoms with Gasteiger partial charge in [-0.1, -0.05) is 0 Å². The summed E-state index contributed by atoms with van der Waals surface area (Å²) in [5.74, 6) is 1.68. The van der Waals surface area contributed by atoms with E-state index in [1.807, 2.05) is 0 Å². The Bertz CT molecular complexity index is 435. The maximum Gasteiger partial charge on any atom is 0.119 e. The summed E-state index contributed by atoms with van der Waals surface area (Å²) in [6, 6.07) is 6.68. The molecule has 0 aromatic heterocycles. The van der Waals surface area contributed by atoms with Crippen molar-refractivity contribution in [2.45, 2.75) is 38.0 Å². The SMILES string of the molecule is COc1ccc(N2CCCCC2)c(C2CCNCC2)c1. The second-order valence-electron chi connectivity index (χ2n) is 6.00. The first kappa shape index (κ1) is 13.7. The van der Waals surface area contributed by atoms with E-state index in [2.05, 4.69) is 28.4 Å². The van der Waals surface area contributed by atoms with Crippen LogP contribution in [0.4, 0.5) is 5.69 Å². The van der Waals surface area contributed by atoms with Gasteiger partial charge in [-0.3, -0.25) is 0 Å². The quantitative estimate of drug-likeness (QED) is 0.916.